The highest BCUT2D eigenvalue weighted by Crippen LogP contribution is 2.22. The normalized spacial score (nSPS) is 14.5. The molecule has 1 aliphatic heterocycles. The summed E-state index contributed by atoms with van der Waals surface area (Å²) in [5, 5.41) is 6.34. The molecule has 1 saturated heterocycles. The third-order valence-electron chi connectivity index (χ3n) is 4.64. The van der Waals surface area contributed by atoms with Gasteiger partial charge >= 0.3 is 5.97 Å². The van der Waals surface area contributed by atoms with E-state index in [2.05, 4.69) is 15.2 Å². The zero-order valence-corrected chi connectivity index (χ0v) is 17.8. The molecule has 0 aromatic heterocycles. The van der Waals surface area contributed by atoms with Gasteiger partial charge in [0.1, 0.15) is 0 Å². The van der Waals surface area contributed by atoms with Crippen molar-refractivity contribution < 1.29 is 27.6 Å². The van der Waals surface area contributed by atoms with Crippen LogP contribution in [0.2, 0.25) is 0 Å². The predicted molar refractivity (Wildman–Crippen MR) is 114 cm³/mol. The molecular weight excluding hydrogens is 422 g/mol. The Hall–Kier alpha value is -3.24. The summed E-state index contributed by atoms with van der Waals surface area (Å²) in [7, 11) is -2.18. The van der Waals surface area contributed by atoms with E-state index in [4.69, 9.17) is 4.84 Å². The van der Waals surface area contributed by atoms with E-state index in [-0.39, 0.29) is 11.5 Å². The molecular formula is C21H23N3O6S. The fraction of sp³-hybridized carbons (Fsp3) is 0.286. The van der Waals surface area contributed by atoms with E-state index in [1.54, 1.807) is 24.3 Å². The van der Waals surface area contributed by atoms with E-state index in [0.717, 1.165) is 12.8 Å². The Bertz CT molecular complexity index is 1040. The van der Waals surface area contributed by atoms with E-state index in [1.807, 2.05) is 0 Å². The van der Waals surface area contributed by atoms with Crippen molar-refractivity contribution in [2.45, 2.75) is 17.7 Å². The van der Waals surface area contributed by atoms with Gasteiger partial charge in [0.25, 0.3) is 5.91 Å². The minimum Gasteiger partial charge on any atom is -0.465 e. The molecule has 0 bridgehead atoms. The summed E-state index contributed by atoms with van der Waals surface area (Å²) in [6.07, 6.45) is 3.15. The summed E-state index contributed by atoms with van der Waals surface area (Å²) < 4.78 is 31.1. The third kappa shape index (κ3) is 5.89. The van der Waals surface area contributed by atoms with Crippen LogP contribution in [0.3, 0.4) is 0 Å². The van der Waals surface area contributed by atoms with Gasteiger partial charge in [-0.05, 0) is 54.8 Å². The van der Waals surface area contributed by atoms with Gasteiger partial charge in [-0.2, -0.15) is 4.31 Å². The quantitative estimate of drug-likeness (QED) is 0.379. The number of amides is 1. The SMILES string of the molecule is COC(=O)c1ccc(/C=N/OCC(=O)Nc2ccc(S(=O)(=O)N3CCCC3)cc2)cc1. The summed E-state index contributed by atoms with van der Waals surface area (Å²) >= 11 is 0. The van der Waals surface area contributed by atoms with Crippen LogP contribution >= 0.6 is 0 Å². The lowest BCUT2D eigenvalue weighted by Crippen LogP contribution is -2.27. The molecule has 0 radical (unpaired) electrons. The molecule has 0 atom stereocenters. The predicted octanol–water partition coefficient (Wildman–Crippen LogP) is 2.25. The third-order valence-corrected chi connectivity index (χ3v) is 6.56. The number of nitrogens with one attached hydrogen (secondary N) is 1. The molecule has 0 spiro atoms. The van der Waals surface area contributed by atoms with Crippen LogP contribution in [-0.4, -0.2) is 57.6 Å². The van der Waals surface area contributed by atoms with Gasteiger partial charge < -0.3 is 14.9 Å². The Morgan fingerprint density at radius 3 is 2.32 bits per heavy atom. The second-order valence-corrected chi connectivity index (χ2v) is 8.74. The average molecular weight is 445 g/mol. The molecule has 3 rings (SSSR count). The van der Waals surface area contributed by atoms with E-state index in [0.29, 0.717) is 29.9 Å². The number of oxime groups is 1. The minimum atomic E-state index is -3.49. The van der Waals surface area contributed by atoms with Gasteiger partial charge in [-0.25, -0.2) is 13.2 Å². The fourth-order valence-corrected chi connectivity index (χ4v) is 4.52. The van der Waals surface area contributed by atoms with Gasteiger partial charge in [-0.15, -0.1) is 0 Å². The van der Waals surface area contributed by atoms with Gasteiger partial charge in [0.15, 0.2) is 6.61 Å². The summed E-state index contributed by atoms with van der Waals surface area (Å²) in [5.74, 6) is -0.869. The van der Waals surface area contributed by atoms with Gasteiger partial charge in [-0.1, -0.05) is 17.3 Å². The number of ether oxygens (including phenoxy) is 1. The molecule has 164 valence electrons. The van der Waals surface area contributed by atoms with Crippen molar-refractivity contribution in [1.29, 1.82) is 0 Å². The maximum Gasteiger partial charge on any atom is 0.337 e. The standard InChI is InChI=1S/C21H23N3O6S/c1-29-21(26)17-6-4-16(5-7-17)14-22-30-15-20(25)23-18-8-10-19(11-9-18)31(27,28)24-12-2-3-13-24/h4-11,14H,2-3,12-13,15H2,1H3,(H,23,25)/b22-14+. The number of rotatable bonds is 8. The fourth-order valence-electron chi connectivity index (χ4n) is 3.00. The number of esters is 1. The van der Waals surface area contributed by atoms with Crippen molar-refractivity contribution in [2.75, 3.05) is 32.1 Å². The summed E-state index contributed by atoms with van der Waals surface area (Å²) in [6, 6.07) is 12.5. The van der Waals surface area contributed by atoms with Crippen molar-refractivity contribution in [1.82, 2.24) is 4.31 Å². The molecule has 2 aromatic carbocycles. The lowest BCUT2D eigenvalue weighted by molar-refractivity contribution is -0.120. The molecule has 0 unspecified atom stereocenters. The van der Waals surface area contributed by atoms with Crippen LogP contribution < -0.4 is 5.32 Å². The van der Waals surface area contributed by atoms with Crippen molar-refractivity contribution in [3.05, 3.63) is 59.7 Å². The Morgan fingerprint density at radius 2 is 1.71 bits per heavy atom. The van der Waals surface area contributed by atoms with Gasteiger partial charge in [0, 0.05) is 18.8 Å². The number of sulfonamides is 1. The maximum atomic E-state index is 12.5. The van der Waals surface area contributed by atoms with Crippen LogP contribution in [-0.2, 0) is 24.4 Å². The van der Waals surface area contributed by atoms with Crippen molar-refractivity contribution in [3.8, 4) is 0 Å². The number of carbonyl (C=O) groups is 2. The maximum absolute atomic E-state index is 12.5. The van der Waals surface area contributed by atoms with E-state index >= 15 is 0 Å². The van der Waals surface area contributed by atoms with Crippen LogP contribution in [0.15, 0.2) is 58.6 Å². The molecule has 1 amide bonds. The van der Waals surface area contributed by atoms with Crippen LogP contribution in [0.1, 0.15) is 28.8 Å². The van der Waals surface area contributed by atoms with Crippen molar-refractivity contribution >= 4 is 33.8 Å². The topological polar surface area (TPSA) is 114 Å². The largest absolute Gasteiger partial charge is 0.465 e. The highest BCUT2D eigenvalue weighted by molar-refractivity contribution is 7.89. The smallest absolute Gasteiger partial charge is 0.337 e. The van der Waals surface area contributed by atoms with E-state index in [9.17, 15) is 18.0 Å². The zero-order chi connectivity index (χ0) is 22.3. The number of methoxy groups -OCH3 is 1. The molecule has 1 aliphatic rings. The first-order chi connectivity index (χ1) is 14.9. The Labute approximate surface area is 180 Å². The lowest BCUT2D eigenvalue weighted by atomic mass is 10.1. The number of hydrogen-bond donors (Lipinski definition) is 1. The van der Waals surface area contributed by atoms with Crippen molar-refractivity contribution in [2.24, 2.45) is 5.16 Å². The van der Waals surface area contributed by atoms with Crippen LogP contribution in [0.25, 0.3) is 0 Å². The van der Waals surface area contributed by atoms with Crippen LogP contribution in [0.5, 0.6) is 0 Å². The highest BCUT2D eigenvalue weighted by Gasteiger charge is 2.26. The Kier molecular flexibility index (Phi) is 7.37. The number of benzene rings is 2. The first-order valence-corrected chi connectivity index (χ1v) is 11.1. The number of nitrogens with zero attached hydrogens (tertiary/aromatic N) is 2. The van der Waals surface area contributed by atoms with E-state index < -0.39 is 21.9 Å². The molecule has 31 heavy (non-hydrogen) atoms. The van der Waals surface area contributed by atoms with Gasteiger partial charge in [0.05, 0.1) is 23.8 Å². The number of hydrogen-bond acceptors (Lipinski definition) is 7. The van der Waals surface area contributed by atoms with Crippen molar-refractivity contribution in [3.63, 3.8) is 0 Å². The Morgan fingerprint density at radius 1 is 1.06 bits per heavy atom. The molecule has 0 saturated carbocycles. The molecule has 10 heteroatoms. The molecule has 1 heterocycles. The number of anilines is 1. The first-order valence-electron chi connectivity index (χ1n) is 9.64. The lowest BCUT2D eigenvalue weighted by Gasteiger charge is -2.15. The highest BCUT2D eigenvalue weighted by atomic mass is 32.2. The monoisotopic (exact) mass is 445 g/mol. The second kappa shape index (κ2) is 10.2. The Balaban J connectivity index is 1.47. The van der Waals surface area contributed by atoms with Crippen LogP contribution in [0, 0.1) is 0 Å². The molecule has 1 N–H and O–H groups in total. The van der Waals surface area contributed by atoms with Gasteiger partial charge in [0.2, 0.25) is 10.0 Å². The van der Waals surface area contributed by atoms with Gasteiger partial charge in [-0.3, -0.25) is 4.79 Å². The number of carbonyl (C=O) groups excluding carboxylic acids is 2. The second-order valence-electron chi connectivity index (χ2n) is 6.81. The van der Waals surface area contributed by atoms with E-state index in [1.165, 1.54) is 41.9 Å². The summed E-state index contributed by atoms with van der Waals surface area (Å²) in [6.45, 7) is 0.757. The zero-order valence-electron chi connectivity index (χ0n) is 17.0. The molecule has 9 nitrogen and oxygen atoms in total. The molecule has 2 aromatic rings. The minimum absolute atomic E-state index is 0.200. The van der Waals surface area contributed by atoms with Crippen LogP contribution in [0.4, 0.5) is 5.69 Å². The summed E-state index contributed by atoms with van der Waals surface area (Å²) in [4.78, 5) is 28.5. The summed E-state index contributed by atoms with van der Waals surface area (Å²) in [5.41, 5.74) is 1.55. The molecule has 1 fully saturated rings. The average Bonchev–Trinajstić information content (AvgIpc) is 3.33. The molecule has 0 aliphatic carbocycles. The first kappa shape index (κ1) is 22.4.